The van der Waals surface area contributed by atoms with Crippen molar-refractivity contribution in [3.8, 4) is 0 Å². The van der Waals surface area contributed by atoms with Crippen molar-refractivity contribution in [1.82, 2.24) is 0 Å². The highest BCUT2D eigenvalue weighted by Crippen LogP contribution is 2.43. The Labute approximate surface area is 181 Å². The maximum absolute atomic E-state index is 14.0. The normalized spacial score (nSPS) is 18.9. The molecule has 1 fully saturated rings. The quantitative estimate of drug-likeness (QED) is 0.249. The van der Waals surface area contributed by atoms with Gasteiger partial charge in [-0.05, 0) is 32.6 Å². The first-order chi connectivity index (χ1) is 14.7. The smallest absolute Gasteiger partial charge is 0.432 e. The molecule has 1 heterocycles. The van der Waals surface area contributed by atoms with Crippen LogP contribution in [-0.4, -0.2) is 44.4 Å². The second-order valence-electron chi connectivity index (χ2n) is 7.65. The summed E-state index contributed by atoms with van der Waals surface area (Å²) in [6, 6.07) is 6.79. The Balaban J connectivity index is 2.00. The van der Waals surface area contributed by atoms with Crippen molar-refractivity contribution in [3.05, 3.63) is 48.6 Å². The minimum atomic E-state index is -4.99. The van der Waals surface area contributed by atoms with Gasteiger partial charge in [0.15, 0.2) is 5.79 Å². The molecule has 1 aliphatic heterocycles. The highest BCUT2D eigenvalue weighted by atomic mass is 19.4. The molecule has 5 nitrogen and oxygen atoms in total. The van der Waals surface area contributed by atoms with Crippen LogP contribution >= 0.6 is 0 Å². The lowest BCUT2D eigenvalue weighted by Gasteiger charge is -2.33. The summed E-state index contributed by atoms with van der Waals surface area (Å²) in [7, 11) is 0.855. The number of rotatable bonds is 12. The zero-order valence-corrected chi connectivity index (χ0v) is 18.1. The van der Waals surface area contributed by atoms with E-state index in [0.29, 0.717) is 38.9 Å². The van der Waals surface area contributed by atoms with E-state index in [1.807, 2.05) is 6.08 Å². The summed E-state index contributed by atoms with van der Waals surface area (Å²) >= 11 is 0. The lowest BCUT2D eigenvalue weighted by atomic mass is 9.92. The van der Waals surface area contributed by atoms with Gasteiger partial charge in [-0.25, -0.2) is 4.79 Å². The standard InChI is InChI=1S/C23H31F3O5/c1-4-5-9-14-21(29-16-17-30-21)15-10-11-18(2)31-20(27)22(28-3,23(24,25)26)19-12-7-6-8-13-19/h4,6-8,12-13,18H,1,5,9-11,14-17H2,2-3H3/t18-,22+/m0/s1. The first-order valence-corrected chi connectivity index (χ1v) is 10.5. The zero-order chi connectivity index (χ0) is 23.0. The molecule has 0 aliphatic carbocycles. The van der Waals surface area contributed by atoms with Crippen LogP contribution in [-0.2, 0) is 29.3 Å². The van der Waals surface area contributed by atoms with Crippen LogP contribution in [0.15, 0.2) is 43.0 Å². The predicted molar refractivity (Wildman–Crippen MR) is 109 cm³/mol. The molecule has 0 N–H and O–H groups in total. The predicted octanol–water partition coefficient (Wildman–Crippen LogP) is 5.29. The number of benzene rings is 1. The van der Waals surface area contributed by atoms with Crippen molar-refractivity contribution in [2.75, 3.05) is 20.3 Å². The maximum atomic E-state index is 14.0. The molecule has 1 aliphatic rings. The Kier molecular flexibility index (Phi) is 9.09. The van der Waals surface area contributed by atoms with E-state index in [2.05, 4.69) is 6.58 Å². The van der Waals surface area contributed by atoms with Crippen molar-refractivity contribution < 1.29 is 36.9 Å². The van der Waals surface area contributed by atoms with E-state index < -0.39 is 29.6 Å². The number of hydrogen-bond donors (Lipinski definition) is 0. The van der Waals surface area contributed by atoms with Crippen LogP contribution in [0.2, 0.25) is 0 Å². The Hall–Kier alpha value is -1.90. The molecule has 0 amide bonds. The monoisotopic (exact) mass is 444 g/mol. The van der Waals surface area contributed by atoms with Gasteiger partial charge in [-0.1, -0.05) is 36.4 Å². The molecule has 31 heavy (non-hydrogen) atoms. The summed E-state index contributed by atoms with van der Waals surface area (Å²) in [5.74, 6) is -2.16. The molecular formula is C23H31F3O5. The molecule has 2 atom stereocenters. The molecular weight excluding hydrogens is 413 g/mol. The first kappa shape index (κ1) is 25.4. The van der Waals surface area contributed by atoms with Gasteiger partial charge in [-0.15, -0.1) is 6.58 Å². The number of carbonyl (C=O) groups excluding carboxylic acids is 1. The van der Waals surface area contributed by atoms with Crippen LogP contribution in [0.5, 0.6) is 0 Å². The molecule has 0 unspecified atom stereocenters. The maximum Gasteiger partial charge on any atom is 0.432 e. The number of unbranched alkanes of at least 4 members (excludes halogenated alkanes) is 1. The molecule has 0 bridgehead atoms. The highest BCUT2D eigenvalue weighted by molar-refractivity contribution is 5.82. The summed E-state index contributed by atoms with van der Waals surface area (Å²) in [6.07, 6.45) is 0.0427. The fraction of sp³-hybridized carbons (Fsp3) is 0.609. The Morgan fingerprint density at radius 1 is 1.19 bits per heavy atom. The van der Waals surface area contributed by atoms with Gasteiger partial charge in [0.25, 0.3) is 5.60 Å². The van der Waals surface area contributed by atoms with E-state index in [1.54, 1.807) is 13.0 Å². The molecule has 0 saturated carbocycles. The van der Waals surface area contributed by atoms with E-state index in [4.69, 9.17) is 18.9 Å². The number of esters is 1. The molecule has 174 valence electrons. The van der Waals surface area contributed by atoms with Gasteiger partial charge in [-0.3, -0.25) is 0 Å². The highest BCUT2D eigenvalue weighted by Gasteiger charge is 2.64. The zero-order valence-electron chi connectivity index (χ0n) is 18.1. The fourth-order valence-electron chi connectivity index (χ4n) is 3.80. The second-order valence-corrected chi connectivity index (χ2v) is 7.65. The van der Waals surface area contributed by atoms with Crippen LogP contribution in [0.4, 0.5) is 13.2 Å². The average molecular weight is 444 g/mol. The summed E-state index contributed by atoms with van der Waals surface area (Å²) in [6.45, 7) is 6.30. The molecule has 1 aromatic rings. The van der Waals surface area contributed by atoms with Crippen LogP contribution in [0.1, 0.15) is 51.0 Å². The van der Waals surface area contributed by atoms with E-state index in [1.165, 1.54) is 24.3 Å². The Morgan fingerprint density at radius 2 is 1.81 bits per heavy atom. The van der Waals surface area contributed by atoms with Gasteiger partial charge in [-0.2, -0.15) is 13.2 Å². The van der Waals surface area contributed by atoms with Crippen LogP contribution in [0.3, 0.4) is 0 Å². The lowest BCUT2D eigenvalue weighted by Crippen LogP contribution is -2.52. The number of allylic oxidation sites excluding steroid dienone is 1. The topological polar surface area (TPSA) is 54.0 Å². The van der Waals surface area contributed by atoms with Crippen LogP contribution in [0, 0.1) is 0 Å². The van der Waals surface area contributed by atoms with E-state index in [9.17, 15) is 18.0 Å². The number of halogens is 3. The number of methoxy groups -OCH3 is 1. The molecule has 0 radical (unpaired) electrons. The summed E-state index contributed by atoms with van der Waals surface area (Å²) in [5.41, 5.74) is -3.50. The number of carbonyl (C=O) groups is 1. The second kappa shape index (κ2) is 11.1. The Bertz CT molecular complexity index is 701. The number of ether oxygens (including phenoxy) is 4. The van der Waals surface area contributed by atoms with Gasteiger partial charge < -0.3 is 18.9 Å². The minimum Gasteiger partial charge on any atom is -0.460 e. The number of alkyl halides is 3. The SMILES string of the molecule is C=CCCCC1(CCC[C@H](C)OC(=O)[C@](OC)(c2ccccc2)C(F)(F)F)OCCO1. The molecule has 1 saturated heterocycles. The summed E-state index contributed by atoms with van der Waals surface area (Å²) in [5, 5.41) is 0. The van der Waals surface area contributed by atoms with Crippen molar-refractivity contribution >= 4 is 5.97 Å². The van der Waals surface area contributed by atoms with Crippen LogP contribution in [0.25, 0.3) is 0 Å². The molecule has 1 aromatic carbocycles. The summed E-state index contributed by atoms with van der Waals surface area (Å²) in [4.78, 5) is 12.7. The van der Waals surface area contributed by atoms with Gasteiger partial charge in [0.2, 0.25) is 0 Å². The molecule has 2 rings (SSSR count). The lowest BCUT2D eigenvalue weighted by molar-refractivity contribution is -0.278. The summed E-state index contributed by atoms with van der Waals surface area (Å²) < 4.78 is 63.4. The minimum absolute atomic E-state index is 0.323. The van der Waals surface area contributed by atoms with Gasteiger partial charge >= 0.3 is 12.1 Å². The third-order valence-electron chi connectivity index (χ3n) is 5.43. The number of hydrogen-bond acceptors (Lipinski definition) is 5. The first-order valence-electron chi connectivity index (χ1n) is 10.5. The van der Waals surface area contributed by atoms with Crippen LogP contribution < -0.4 is 0 Å². The van der Waals surface area contributed by atoms with Crippen molar-refractivity contribution in [1.29, 1.82) is 0 Å². The van der Waals surface area contributed by atoms with Crippen molar-refractivity contribution in [2.24, 2.45) is 0 Å². The average Bonchev–Trinajstić information content (AvgIpc) is 3.17. The molecule has 8 heteroatoms. The molecule has 0 aromatic heterocycles. The van der Waals surface area contributed by atoms with Gasteiger partial charge in [0.1, 0.15) is 0 Å². The van der Waals surface area contributed by atoms with E-state index in [-0.39, 0.29) is 5.56 Å². The third kappa shape index (κ3) is 6.08. The largest absolute Gasteiger partial charge is 0.460 e. The Morgan fingerprint density at radius 3 is 2.35 bits per heavy atom. The third-order valence-corrected chi connectivity index (χ3v) is 5.43. The van der Waals surface area contributed by atoms with E-state index in [0.717, 1.165) is 20.0 Å². The van der Waals surface area contributed by atoms with Gasteiger partial charge in [0, 0.05) is 25.5 Å². The van der Waals surface area contributed by atoms with Crippen molar-refractivity contribution in [3.63, 3.8) is 0 Å². The van der Waals surface area contributed by atoms with E-state index >= 15 is 0 Å². The molecule has 0 spiro atoms. The van der Waals surface area contributed by atoms with Gasteiger partial charge in [0.05, 0.1) is 19.3 Å². The fourth-order valence-corrected chi connectivity index (χ4v) is 3.80. The van der Waals surface area contributed by atoms with Crippen molar-refractivity contribution in [2.45, 2.75) is 69.1 Å².